The number of carbonyl (C=O) groups is 1. The van der Waals surface area contributed by atoms with Gasteiger partial charge >= 0.3 is 5.97 Å². The van der Waals surface area contributed by atoms with Crippen LogP contribution in [0.3, 0.4) is 0 Å². The van der Waals surface area contributed by atoms with Crippen molar-refractivity contribution in [2.45, 2.75) is 12.8 Å². The number of ether oxygens (including phenoxy) is 1. The van der Waals surface area contributed by atoms with Crippen LogP contribution < -0.4 is 4.90 Å². The molecule has 1 heterocycles. The third-order valence-electron chi connectivity index (χ3n) is 7.24. The molecule has 0 fully saturated rings. The van der Waals surface area contributed by atoms with E-state index in [9.17, 15) is 4.79 Å². The van der Waals surface area contributed by atoms with Crippen molar-refractivity contribution < 1.29 is 9.53 Å². The van der Waals surface area contributed by atoms with Crippen molar-refractivity contribution >= 4 is 22.6 Å². The number of hydrogen-bond donors (Lipinski definition) is 0. The van der Waals surface area contributed by atoms with Crippen LogP contribution in [0, 0.1) is 6.92 Å². The number of para-hydroxylation sites is 1. The standard InChI is InChI=1S/C33H32N2O2/c1-22-21-24(34(2)3)19-20-25(22)30(26-15-9-10-16-27(26)33(36)37-5)31-28-17-11-12-18-29(28)35(4)32(31)23-13-7-6-8-14-23/h6-21,30H,1-5H3. The fourth-order valence-electron chi connectivity index (χ4n) is 5.45. The molecule has 1 atom stereocenters. The van der Waals surface area contributed by atoms with Gasteiger partial charge < -0.3 is 14.2 Å². The van der Waals surface area contributed by atoms with Crippen molar-refractivity contribution in [3.63, 3.8) is 0 Å². The van der Waals surface area contributed by atoms with Crippen LogP contribution in [0.2, 0.25) is 0 Å². The van der Waals surface area contributed by atoms with E-state index in [-0.39, 0.29) is 11.9 Å². The molecule has 0 aliphatic carbocycles. The highest BCUT2D eigenvalue weighted by Crippen LogP contribution is 2.45. The van der Waals surface area contributed by atoms with E-state index in [2.05, 4.69) is 110 Å². The number of methoxy groups -OCH3 is 1. The van der Waals surface area contributed by atoms with E-state index in [1.54, 1.807) is 0 Å². The van der Waals surface area contributed by atoms with Gasteiger partial charge in [-0.15, -0.1) is 0 Å². The van der Waals surface area contributed by atoms with Gasteiger partial charge in [0.2, 0.25) is 0 Å². The molecule has 0 bridgehead atoms. The lowest BCUT2D eigenvalue weighted by Crippen LogP contribution is -2.14. The molecule has 0 N–H and O–H groups in total. The molecule has 0 radical (unpaired) electrons. The normalized spacial score (nSPS) is 11.9. The first-order chi connectivity index (χ1) is 17.9. The lowest BCUT2D eigenvalue weighted by molar-refractivity contribution is 0.0599. The summed E-state index contributed by atoms with van der Waals surface area (Å²) in [4.78, 5) is 15.1. The van der Waals surface area contributed by atoms with Crippen molar-refractivity contribution in [2.24, 2.45) is 7.05 Å². The molecular formula is C33H32N2O2. The Labute approximate surface area is 218 Å². The molecule has 5 aromatic rings. The van der Waals surface area contributed by atoms with Crippen LogP contribution in [0.25, 0.3) is 22.2 Å². The van der Waals surface area contributed by atoms with Crippen LogP contribution in [-0.2, 0) is 11.8 Å². The first-order valence-corrected chi connectivity index (χ1v) is 12.5. The van der Waals surface area contributed by atoms with Crippen LogP contribution >= 0.6 is 0 Å². The molecule has 4 nitrogen and oxygen atoms in total. The average molecular weight is 489 g/mol. The lowest BCUT2D eigenvalue weighted by Gasteiger charge is -2.25. The van der Waals surface area contributed by atoms with Crippen molar-refractivity contribution in [3.05, 3.63) is 125 Å². The first-order valence-electron chi connectivity index (χ1n) is 12.5. The molecule has 1 aromatic heterocycles. The molecule has 37 heavy (non-hydrogen) atoms. The number of hydrogen-bond acceptors (Lipinski definition) is 3. The van der Waals surface area contributed by atoms with Gasteiger partial charge in [0, 0.05) is 43.7 Å². The number of nitrogens with zero attached hydrogens (tertiary/aromatic N) is 2. The predicted octanol–water partition coefficient (Wildman–Crippen LogP) is 7.19. The predicted molar refractivity (Wildman–Crippen MR) is 153 cm³/mol. The smallest absolute Gasteiger partial charge is 0.338 e. The number of fused-ring (bicyclic) bond motifs is 1. The molecule has 0 spiro atoms. The van der Waals surface area contributed by atoms with E-state index in [1.165, 1.54) is 23.6 Å². The molecule has 0 saturated heterocycles. The fourth-order valence-corrected chi connectivity index (χ4v) is 5.45. The lowest BCUT2D eigenvalue weighted by atomic mass is 9.79. The van der Waals surface area contributed by atoms with Crippen LogP contribution in [0.5, 0.6) is 0 Å². The maximum absolute atomic E-state index is 13.0. The monoisotopic (exact) mass is 488 g/mol. The minimum Gasteiger partial charge on any atom is -0.465 e. The van der Waals surface area contributed by atoms with E-state index < -0.39 is 0 Å². The molecule has 4 aromatic carbocycles. The zero-order valence-corrected chi connectivity index (χ0v) is 22.0. The third-order valence-corrected chi connectivity index (χ3v) is 7.24. The van der Waals surface area contributed by atoms with E-state index in [1.807, 2.05) is 24.3 Å². The van der Waals surface area contributed by atoms with Gasteiger partial charge in [-0.25, -0.2) is 4.79 Å². The number of rotatable bonds is 6. The Morgan fingerprint density at radius 2 is 1.51 bits per heavy atom. The quantitative estimate of drug-likeness (QED) is 0.237. The maximum atomic E-state index is 13.0. The Kier molecular flexibility index (Phi) is 6.58. The summed E-state index contributed by atoms with van der Waals surface area (Å²) < 4.78 is 7.51. The van der Waals surface area contributed by atoms with Gasteiger partial charge in [0.05, 0.1) is 18.4 Å². The summed E-state index contributed by atoms with van der Waals surface area (Å²) in [5.74, 6) is -0.516. The van der Waals surface area contributed by atoms with Crippen molar-refractivity contribution in [2.75, 3.05) is 26.1 Å². The highest BCUT2D eigenvalue weighted by Gasteiger charge is 2.30. The minimum atomic E-state index is -0.329. The Morgan fingerprint density at radius 3 is 2.22 bits per heavy atom. The topological polar surface area (TPSA) is 34.5 Å². The Bertz CT molecular complexity index is 1580. The summed E-state index contributed by atoms with van der Waals surface area (Å²) in [6.45, 7) is 2.16. The average Bonchev–Trinajstić information content (AvgIpc) is 3.22. The van der Waals surface area contributed by atoms with E-state index in [0.717, 1.165) is 33.6 Å². The SMILES string of the molecule is COC(=O)c1ccccc1C(c1ccc(N(C)C)cc1C)c1c(-c2ccccc2)n(C)c2ccccc12. The number of aromatic nitrogens is 1. The van der Waals surface area contributed by atoms with Gasteiger partial charge in [-0.05, 0) is 59.0 Å². The van der Waals surface area contributed by atoms with Crippen LogP contribution in [0.4, 0.5) is 5.69 Å². The number of esters is 1. The van der Waals surface area contributed by atoms with Gasteiger partial charge in [0.25, 0.3) is 0 Å². The Morgan fingerprint density at radius 1 is 0.838 bits per heavy atom. The Balaban J connectivity index is 1.91. The van der Waals surface area contributed by atoms with Crippen LogP contribution in [0.1, 0.15) is 38.5 Å². The van der Waals surface area contributed by atoms with Gasteiger partial charge in [0.15, 0.2) is 0 Å². The molecule has 4 heteroatoms. The van der Waals surface area contributed by atoms with E-state index >= 15 is 0 Å². The third kappa shape index (κ3) is 4.29. The molecule has 5 rings (SSSR count). The zero-order valence-electron chi connectivity index (χ0n) is 22.0. The highest BCUT2D eigenvalue weighted by atomic mass is 16.5. The number of aryl methyl sites for hydroxylation is 2. The Hall–Kier alpha value is -4.31. The number of carbonyl (C=O) groups excluding carboxylic acids is 1. The summed E-state index contributed by atoms with van der Waals surface area (Å²) >= 11 is 0. The second kappa shape index (κ2) is 9.98. The summed E-state index contributed by atoms with van der Waals surface area (Å²) in [5, 5.41) is 1.17. The van der Waals surface area contributed by atoms with Crippen molar-refractivity contribution in [1.82, 2.24) is 4.57 Å². The summed E-state index contributed by atoms with van der Waals surface area (Å²) in [6.07, 6.45) is 0. The number of anilines is 1. The molecule has 0 aliphatic rings. The molecule has 1 unspecified atom stereocenters. The highest BCUT2D eigenvalue weighted by molar-refractivity contribution is 5.96. The fraction of sp³-hybridized carbons (Fsp3) is 0.182. The van der Waals surface area contributed by atoms with Crippen molar-refractivity contribution in [1.29, 1.82) is 0 Å². The molecule has 186 valence electrons. The molecule has 0 amide bonds. The maximum Gasteiger partial charge on any atom is 0.338 e. The number of benzene rings is 4. The largest absolute Gasteiger partial charge is 0.465 e. The van der Waals surface area contributed by atoms with Crippen molar-refractivity contribution in [3.8, 4) is 11.3 Å². The second-order valence-electron chi connectivity index (χ2n) is 9.65. The van der Waals surface area contributed by atoms with Gasteiger partial charge in [-0.2, -0.15) is 0 Å². The van der Waals surface area contributed by atoms with Gasteiger partial charge in [-0.1, -0.05) is 72.8 Å². The van der Waals surface area contributed by atoms with Gasteiger partial charge in [-0.3, -0.25) is 0 Å². The molecule has 0 aliphatic heterocycles. The molecular weight excluding hydrogens is 456 g/mol. The minimum absolute atomic E-state index is 0.187. The van der Waals surface area contributed by atoms with E-state index in [4.69, 9.17) is 4.74 Å². The summed E-state index contributed by atoms with van der Waals surface area (Å²) in [5.41, 5.74) is 9.60. The van der Waals surface area contributed by atoms with Crippen LogP contribution in [0.15, 0.2) is 97.1 Å². The summed E-state index contributed by atoms with van der Waals surface area (Å²) in [6, 6.07) is 33.4. The van der Waals surface area contributed by atoms with Crippen LogP contribution in [-0.4, -0.2) is 31.7 Å². The van der Waals surface area contributed by atoms with E-state index in [0.29, 0.717) is 5.56 Å². The first kappa shape index (κ1) is 24.4. The molecule has 0 saturated carbocycles. The second-order valence-corrected chi connectivity index (χ2v) is 9.65. The summed E-state index contributed by atoms with van der Waals surface area (Å²) in [7, 11) is 7.67. The van der Waals surface area contributed by atoms with Gasteiger partial charge in [0.1, 0.15) is 0 Å². The zero-order chi connectivity index (χ0) is 26.1.